The fourth-order valence-electron chi connectivity index (χ4n) is 0.997. The molecular formula is C8H17F2NO. The van der Waals surface area contributed by atoms with E-state index in [1.807, 2.05) is 0 Å². The summed E-state index contributed by atoms with van der Waals surface area (Å²) in [7, 11) is 1.69. The van der Waals surface area contributed by atoms with Crippen molar-refractivity contribution < 1.29 is 13.9 Å². The Bertz CT molecular complexity index is 101. The number of hydrogen-bond donors (Lipinski definition) is 1. The number of nitrogens with zero attached hydrogens (tertiary/aromatic N) is 1. The molecule has 0 unspecified atom stereocenters. The van der Waals surface area contributed by atoms with E-state index >= 15 is 0 Å². The quantitative estimate of drug-likeness (QED) is 0.599. The second kappa shape index (κ2) is 7.43. The number of halogens is 2. The first-order valence-electron chi connectivity index (χ1n) is 4.24. The van der Waals surface area contributed by atoms with Gasteiger partial charge in [0.05, 0.1) is 6.54 Å². The average Bonchev–Trinajstić information content (AvgIpc) is 1.97. The number of rotatable bonds is 7. The Hall–Kier alpha value is -0.220. The van der Waals surface area contributed by atoms with Crippen LogP contribution in [0, 0.1) is 0 Å². The van der Waals surface area contributed by atoms with Crippen molar-refractivity contribution >= 4 is 0 Å². The molecule has 0 fully saturated rings. The zero-order chi connectivity index (χ0) is 9.40. The molecule has 4 heteroatoms. The SMILES string of the molecule is CN(CCCCCO)CC(F)F. The molecule has 0 saturated heterocycles. The third-order valence-electron chi connectivity index (χ3n) is 1.65. The molecule has 0 atom stereocenters. The lowest BCUT2D eigenvalue weighted by atomic mass is 10.2. The number of hydrogen-bond acceptors (Lipinski definition) is 2. The molecule has 0 aromatic rings. The van der Waals surface area contributed by atoms with E-state index in [-0.39, 0.29) is 13.2 Å². The highest BCUT2D eigenvalue weighted by Gasteiger charge is 2.06. The second-order valence-electron chi connectivity index (χ2n) is 2.94. The number of aliphatic hydroxyl groups is 1. The first kappa shape index (κ1) is 11.8. The van der Waals surface area contributed by atoms with Crippen LogP contribution in [0.5, 0.6) is 0 Å². The summed E-state index contributed by atoms with van der Waals surface area (Å²) >= 11 is 0. The Kier molecular flexibility index (Phi) is 7.29. The summed E-state index contributed by atoms with van der Waals surface area (Å²) in [6.45, 7) is 0.724. The third kappa shape index (κ3) is 7.88. The summed E-state index contributed by atoms with van der Waals surface area (Å²) in [5.74, 6) is 0. The standard InChI is InChI=1S/C8H17F2NO/c1-11(7-8(9)10)5-3-2-4-6-12/h8,12H,2-7H2,1H3. The molecule has 0 radical (unpaired) electrons. The molecule has 0 aromatic heterocycles. The van der Waals surface area contributed by atoms with Crippen molar-refractivity contribution in [3.05, 3.63) is 0 Å². The van der Waals surface area contributed by atoms with E-state index in [2.05, 4.69) is 0 Å². The van der Waals surface area contributed by atoms with Gasteiger partial charge in [-0.25, -0.2) is 8.78 Å². The van der Waals surface area contributed by atoms with Gasteiger partial charge >= 0.3 is 0 Å². The zero-order valence-electron chi connectivity index (χ0n) is 7.47. The van der Waals surface area contributed by atoms with Crippen molar-refractivity contribution in [2.75, 3.05) is 26.7 Å². The molecular weight excluding hydrogens is 164 g/mol. The van der Waals surface area contributed by atoms with Crippen molar-refractivity contribution in [1.29, 1.82) is 0 Å². The predicted octanol–water partition coefficient (Wildman–Crippen LogP) is 1.35. The van der Waals surface area contributed by atoms with Crippen molar-refractivity contribution in [3.63, 3.8) is 0 Å². The lowest BCUT2D eigenvalue weighted by Crippen LogP contribution is -2.25. The van der Waals surface area contributed by atoms with Crippen molar-refractivity contribution in [2.45, 2.75) is 25.7 Å². The van der Waals surface area contributed by atoms with Crippen molar-refractivity contribution in [2.24, 2.45) is 0 Å². The summed E-state index contributed by atoms with van der Waals surface area (Å²) in [5.41, 5.74) is 0. The highest BCUT2D eigenvalue weighted by atomic mass is 19.3. The minimum Gasteiger partial charge on any atom is -0.396 e. The maximum atomic E-state index is 11.8. The van der Waals surface area contributed by atoms with E-state index in [1.54, 1.807) is 11.9 Å². The predicted molar refractivity (Wildman–Crippen MR) is 44.4 cm³/mol. The van der Waals surface area contributed by atoms with E-state index in [4.69, 9.17) is 5.11 Å². The topological polar surface area (TPSA) is 23.5 Å². The monoisotopic (exact) mass is 181 g/mol. The van der Waals surface area contributed by atoms with Crippen LogP contribution in [0.25, 0.3) is 0 Å². The maximum absolute atomic E-state index is 11.8. The summed E-state index contributed by atoms with van der Waals surface area (Å²) in [6.07, 6.45) is 0.309. The molecule has 1 N–H and O–H groups in total. The Labute approximate surface area is 72.2 Å². The Morgan fingerprint density at radius 2 is 1.92 bits per heavy atom. The van der Waals surface area contributed by atoms with E-state index in [0.717, 1.165) is 19.3 Å². The minimum absolute atomic E-state index is 0.154. The molecule has 0 amide bonds. The van der Waals surface area contributed by atoms with E-state index in [9.17, 15) is 8.78 Å². The van der Waals surface area contributed by atoms with Gasteiger partial charge in [-0.1, -0.05) is 0 Å². The van der Waals surface area contributed by atoms with Crippen molar-refractivity contribution in [1.82, 2.24) is 4.90 Å². The Morgan fingerprint density at radius 3 is 2.42 bits per heavy atom. The van der Waals surface area contributed by atoms with Gasteiger partial charge in [-0.3, -0.25) is 0 Å². The van der Waals surface area contributed by atoms with Gasteiger partial charge in [0.25, 0.3) is 6.43 Å². The fourth-order valence-corrected chi connectivity index (χ4v) is 0.997. The van der Waals surface area contributed by atoms with Crippen LogP contribution in [0.2, 0.25) is 0 Å². The summed E-state index contributed by atoms with van der Waals surface area (Å²) in [5, 5.41) is 8.44. The fraction of sp³-hybridized carbons (Fsp3) is 1.00. The summed E-state index contributed by atoms with van der Waals surface area (Å²) in [6, 6.07) is 0. The molecule has 0 rings (SSSR count). The van der Waals surface area contributed by atoms with Gasteiger partial charge in [0.15, 0.2) is 0 Å². The maximum Gasteiger partial charge on any atom is 0.251 e. The lowest BCUT2D eigenvalue weighted by Gasteiger charge is -2.15. The zero-order valence-corrected chi connectivity index (χ0v) is 7.47. The van der Waals surface area contributed by atoms with E-state index < -0.39 is 6.43 Å². The molecule has 0 aliphatic rings. The van der Waals surface area contributed by atoms with Gasteiger partial charge in [-0.2, -0.15) is 0 Å². The summed E-state index contributed by atoms with van der Waals surface area (Å²) in [4.78, 5) is 1.61. The number of alkyl halides is 2. The van der Waals surface area contributed by atoms with Crippen LogP contribution < -0.4 is 0 Å². The van der Waals surface area contributed by atoms with Crippen LogP contribution in [0.15, 0.2) is 0 Å². The van der Waals surface area contributed by atoms with Crippen LogP contribution >= 0.6 is 0 Å². The highest BCUT2D eigenvalue weighted by Crippen LogP contribution is 1.99. The lowest BCUT2D eigenvalue weighted by molar-refractivity contribution is 0.0993. The van der Waals surface area contributed by atoms with Gasteiger partial charge < -0.3 is 10.0 Å². The van der Waals surface area contributed by atoms with Gasteiger partial charge in [0, 0.05) is 6.61 Å². The first-order chi connectivity index (χ1) is 5.66. The molecule has 0 bridgehead atoms. The van der Waals surface area contributed by atoms with Crippen LogP contribution in [0.3, 0.4) is 0 Å². The van der Waals surface area contributed by atoms with Crippen LogP contribution in [-0.2, 0) is 0 Å². The third-order valence-corrected chi connectivity index (χ3v) is 1.65. The Balaban J connectivity index is 3.14. The molecule has 0 aromatic carbocycles. The van der Waals surface area contributed by atoms with Gasteiger partial charge in [-0.15, -0.1) is 0 Å². The molecule has 2 nitrogen and oxygen atoms in total. The summed E-state index contributed by atoms with van der Waals surface area (Å²) < 4.78 is 23.6. The molecule has 0 aliphatic carbocycles. The number of aliphatic hydroxyl groups excluding tert-OH is 1. The largest absolute Gasteiger partial charge is 0.396 e. The number of unbranched alkanes of at least 4 members (excludes halogenated alkanes) is 2. The van der Waals surface area contributed by atoms with Gasteiger partial charge in [-0.05, 0) is 32.9 Å². The molecule has 0 saturated carbocycles. The van der Waals surface area contributed by atoms with Crippen LogP contribution in [-0.4, -0.2) is 43.2 Å². The van der Waals surface area contributed by atoms with E-state index in [1.165, 1.54) is 0 Å². The van der Waals surface area contributed by atoms with E-state index in [0.29, 0.717) is 6.54 Å². The van der Waals surface area contributed by atoms with Gasteiger partial charge in [0.2, 0.25) is 0 Å². The van der Waals surface area contributed by atoms with Gasteiger partial charge in [0.1, 0.15) is 0 Å². The first-order valence-corrected chi connectivity index (χ1v) is 4.24. The highest BCUT2D eigenvalue weighted by molar-refractivity contribution is 4.53. The molecule has 0 aliphatic heterocycles. The average molecular weight is 181 g/mol. The van der Waals surface area contributed by atoms with Crippen LogP contribution in [0.4, 0.5) is 8.78 Å². The molecule has 0 heterocycles. The molecule has 74 valence electrons. The minimum atomic E-state index is -2.24. The normalized spacial score (nSPS) is 11.5. The molecule has 0 spiro atoms. The Morgan fingerprint density at radius 1 is 1.25 bits per heavy atom. The van der Waals surface area contributed by atoms with Crippen molar-refractivity contribution in [3.8, 4) is 0 Å². The molecule has 12 heavy (non-hydrogen) atoms. The smallest absolute Gasteiger partial charge is 0.251 e. The second-order valence-corrected chi connectivity index (χ2v) is 2.94. The van der Waals surface area contributed by atoms with Crippen LogP contribution in [0.1, 0.15) is 19.3 Å².